The molecule has 7 heteroatoms. The van der Waals surface area contributed by atoms with Crippen LogP contribution >= 0.6 is 0 Å². The number of rotatable bonds is 7. The molecule has 1 N–H and O–H groups in total. The summed E-state index contributed by atoms with van der Waals surface area (Å²) in [5.41, 5.74) is 0. The summed E-state index contributed by atoms with van der Waals surface area (Å²) in [6.45, 7) is 2.57. The van der Waals surface area contributed by atoms with Crippen LogP contribution in [0, 0.1) is 0 Å². The number of hydrogen-bond acceptors (Lipinski definition) is 4. The summed E-state index contributed by atoms with van der Waals surface area (Å²) < 4.78 is 32.3. The molecule has 0 saturated carbocycles. The summed E-state index contributed by atoms with van der Waals surface area (Å²) in [6.07, 6.45) is 3.20. The number of ether oxygens (including phenoxy) is 1. The summed E-state index contributed by atoms with van der Waals surface area (Å²) in [6, 6.07) is 1.45. The van der Waals surface area contributed by atoms with Crippen molar-refractivity contribution in [2.45, 2.75) is 31.5 Å². The fourth-order valence-corrected chi connectivity index (χ4v) is 2.40. The van der Waals surface area contributed by atoms with Crippen molar-refractivity contribution >= 4 is 10.0 Å². The zero-order valence-corrected chi connectivity index (χ0v) is 10.3. The molecule has 0 unspecified atom stereocenters. The van der Waals surface area contributed by atoms with Gasteiger partial charge in [0.1, 0.15) is 6.73 Å². The highest BCUT2D eigenvalue weighted by molar-refractivity contribution is 7.89. The number of methoxy groups -OCH3 is 1. The van der Waals surface area contributed by atoms with Crippen LogP contribution in [0.15, 0.2) is 17.3 Å². The molecule has 0 bridgehead atoms. The zero-order chi connectivity index (χ0) is 12.0. The molecule has 0 aromatic carbocycles. The maximum atomic E-state index is 11.8. The van der Waals surface area contributed by atoms with Crippen LogP contribution in [0.3, 0.4) is 0 Å². The molecule has 0 aliphatic heterocycles. The van der Waals surface area contributed by atoms with Crippen molar-refractivity contribution in [2.24, 2.45) is 0 Å². The maximum Gasteiger partial charge on any atom is 0.257 e. The highest BCUT2D eigenvalue weighted by atomic mass is 32.2. The van der Waals surface area contributed by atoms with E-state index in [1.54, 1.807) is 0 Å². The third-order valence-corrected chi connectivity index (χ3v) is 3.51. The number of sulfonamides is 1. The molecule has 0 amide bonds. The first-order valence-electron chi connectivity index (χ1n) is 5.12. The van der Waals surface area contributed by atoms with Gasteiger partial charge in [-0.3, -0.25) is 0 Å². The lowest BCUT2D eigenvalue weighted by Gasteiger charge is -2.08. The Morgan fingerprint density at radius 3 is 2.94 bits per heavy atom. The number of aromatic nitrogens is 2. The molecular formula is C9H17N3O3S. The molecular weight excluding hydrogens is 230 g/mol. The molecule has 6 nitrogen and oxygen atoms in total. The summed E-state index contributed by atoms with van der Waals surface area (Å²) in [5, 5.41) is 4.00. The van der Waals surface area contributed by atoms with E-state index < -0.39 is 10.0 Å². The molecule has 0 atom stereocenters. The molecule has 1 rings (SSSR count). The lowest BCUT2D eigenvalue weighted by molar-refractivity contribution is 0.112. The first kappa shape index (κ1) is 13.1. The Kier molecular flexibility index (Phi) is 4.91. The second-order valence-corrected chi connectivity index (χ2v) is 5.05. The van der Waals surface area contributed by atoms with Gasteiger partial charge in [0.2, 0.25) is 0 Å². The predicted molar refractivity (Wildman–Crippen MR) is 59.3 cm³/mol. The predicted octanol–water partition coefficient (Wildman–Crippen LogP) is 0.565. The third-order valence-electron chi connectivity index (χ3n) is 2.03. The van der Waals surface area contributed by atoms with Gasteiger partial charge >= 0.3 is 0 Å². The van der Waals surface area contributed by atoms with E-state index in [-0.39, 0.29) is 11.8 Å². The Bertz CT molecular complexity index is 413. The van der Waals surface area contributed by atoms with Crippen molar-refractivity contribution in [2.75, 3.05) is 13.7 Å². The van der Waals surface area contributed by atoms with Gasteiger partial charge < -0.3 is 4.74 Å². The van der Waals surface area contributed by atoms with Gasteiger partial charge in [0.25, 0.3) is 10.0 Å². The van der Waals surface area contributed by atoms with Crippen molar-refractivity contribution in [3.8, 4) is 0 Å². The van der Waals surface area contributed by atoms with E-state index in [4.69, 9.17) is 4.74 Å². The van der Waals surface area contributed by atoms with Crippen molar-refractivity contribution < 1.29 is 13.2 Å². The van der Waals surface area contributed by atoms with Gasteiger partial charge in [-0.2, -0.15) is 5.10 Å². The van der Waals surface area contributed by atoms with E-state index in [1.165, 1.54) is 24.1 Å². The third kappa shape index (κ3) is 3.29. The fraction of sp³-hybridized carbons (Fsp3) is 0.667. The Labute approximate surface area is 95.7 Å². The van der Waals surface area contributed by atoms with Gasteiger partial charge in [-0.15, -0.1) is 0 Å². The zero-order valence-electron chi connectivity index (χ0n) is 9.51. The summed E-state index contributed by atoms with van der Waals surface area (Å²) in [7, 11) is -1.98. The Balaban J connectivity index is 2.77. The van der Waals surface area contributed by atoms with Gasteiger partial charge in [0.15, 0.2) is 5.03 Å². The normalized spacial score (nSPS) is 11.9. The monoisotopic (exact) mass is 247 g/mol. The minimum absolute atomic E-state index is 0.122. The smallest absolute Gasteiger partial charge is 0.257 e. The van der Waals surface area contributed by atoms with Crippen LogP contribution in [0.2, 0.25) is 0 Å². The molecule has 0 fully saturated rings. The largest absolute Gasteiger partial charge is 0.362 e. The van der Waals surface area contributed by atoms with Crippen molar-refractivity contribution in [1.82, 2.24) is 14.5 Å². The average Bonchev–Trinajstić information content (AvgIpc) is 2.67. The second kappa shape index (κ2) is 5.97. The summed E-state index contributed by atoms with van der Waals surface area (Å²) in [4.78, 5) is 0. The van der Waals surface area contributed by atoms with Crippen molar-refractivity contribution in [3.63, 3.8) is 0 Å². The molecule has 1 aromatic rings. The summed E-state index contributed by atoms with van der Waals surface area (Å²) >= 11 is 0. The SMILES string of the molecule is CCCCNS(=O)(=O)c1ccnn1COC. The minimum atomic E-state index is -3.47. The van der Waals surface area contributed by atoms with E-state index in [1.807, 2.05) is 6.92 Å². The van der Waals surface area contributed by atoms with Crippen molar-refractivity contribution in [3.05, 3.63) is 12.3 Å². The molecule has 0 aliphatic carbocycles. The molecule has 0 aliphatic rings. The fourth-order valence-electron chi connectivity index (χ4n) is 1.23. The summed E-state index contributed by atoms with van der Waals surface area (Å²) in [5.74, 6) is 0. The van der Waals surface area contributed by atoms with E-state index in [2.05, 4.69) is 9.82 Å². The first-order chi connectivity index (χ1) is 7.61. The van der Waals surface area contributed by atoms with Crippen LogP contribution in [0.5, 0.6) is 0 Å². The van der Waals surface area contributed by atoms with E-state index in [9.17, 15) is 8.42 Å². The lowest BCUT2D eigenvalue weighted by atomic mass is 10.3. The van der Waals surface area contributed by atoms with Crippen LogP contribution in [0.4, 0.5) is 0 Å². The minimum Gasteiger partial charge on any atom is -0.362 e. The van der Waals surface area contributed by atoms with Crippen molar-refractivity contribution in [1.29, 1.82) is 0 Å². The Morgan fingerprint density at radius 1 is 1.56 bits per heavy atom. The van der Waals surface area contributed by atoms with Gasteiger partial charge in [-0.25, -0.2) is 17.8 Å². The van der Waals surface area contributed by atoms with Crippen LogP contribution in [0.25, 0.3) is 0 Å². The number of nitrogens with one attached hydrogen (secondary N) is 1. The molecule has 0 spiro atoms. The van der Waals surface area contributed by atoms with E-state index >= 15 is 0 Å². The quantitative estimate of drug-likeness (QED) is 0.715. The lowest BCUT2D eigenvalue weighted by Crippen LogP contribution is -2.27. The first-order valence-corrected chi connectivity index (χ1v) is 6.60. The van der Waals surface area contributed by atoms with Gasteiger partial charge in [0, 0.05) is 13.7 Å². The average molecular weight is 247 g/mol. The number of unbranched alkanes of at least 4 members (excludes halogenated alkanes) is 1. The van der Waals surface area contributed by atoms with E-state index in [0.29, 0.717) is 6.54 Å². The van der Waals surface area contributed by atoms with Gasteiger partial charge in [-0.05, 0) is 12.5 Å². The topological polar surface area (TPSA) is 73.2 Å². The standard InChI is InChI=1S/C9H17N3O3S/c1-3-4-6-11-16(13,14)9-5-7-10-12(9)8-15-2/h5,7,11H,3-4,6,8H2,1-2H3. The maximum absolute atomic E-state index is 11.8. The van der Waals surface area contributed by atoms with Crippen LogP contribution < -0.4 is 4.72 Å². The number of nitrogens with zero attached hydrogens (tertiary/aromatic N) is 2. The van der Waals surface area contributed by atoms with Gasteiger partial charge in [-0.1, -0.05) is 13.3 Å². The van der Waals surface area contributed by atoms with E-state index in [0.717, 1.165) is 12.8 Å². The molecule has 1 aromatic heterocycles. The van der Waals surface area contributed by atoms with Gasteiger partial charge in [0.05, 0.1) is 6.20 Å². The Morgan fingerprint density at radius 2 is 2.31 bits per heavy atom. The highest BCUT2D eigenvalue weighted by Gasteiger charge is 2.18. The van der Waals surface area contributed by atoms with Crippen LogP contribution in [0.1, 0.15) is 19.8 Å². The number of hydrogen-bond donors (Lipinski definition) is 1. The Hall–Kier alpha value is -0.920. The van der Waals surface area contributed by atoms with Crippen LogP contribution in [-0.4, -0.2) is 31.9 Å². The molecule has 92 valence electrons. The molecule has 0 radical (unpaired) electrons. The molecule has 16 heavy (non-hydrogen) atoms. The highest BCUT2D eigenvalue weighted by Crippen LogP contribution is 2.07. The molecule has 1 heterocycles. The molecule has 0 saturated heterocycles. The second-order valence-electron chi connectivity index (χ2n) is 3.34. The van der Waals surface area contributed by atoms with Crippen LogP contribution in [-0.2, 0) is 21.5 Å².